The van der Waals surface area contributed by atoms with E-state index in [0.717, 1.165) is 44.6 Å². The van der Waals surface area contributed by atoms with Gasteiger partial charge in [0.2, 0.25) is 5.91 Å². The van der Waals surface area contributed by atoms with Crippen LogP contribution in [0, 0.1) is 5.41 Å². The lowest BCUT2D eigenvalue weighted by Gasteiger charge is -2.48. The van der Waals surface area contributed by atoms with Crippen LogP contribution >= 0.6 is 0 Å². The zero-order valence-electron chi connectivity index (χ0n) is 32.8. The first-order chi connectivity index (χ1) is 27.8. The molecule has 58 heavy (non-hydrogen) atoms. The van der Waals surface area contributed by atoms with Gasteiger partial charge in [-0.2, -0.15) is 18.2 Å². The number of hydroxylamine groups is 2. The van der Waals surface area contributed by atoms with Gasteiger partial charge < -0.3 is 34.7 Å². The number of nitrogens with one attached hydrogen (secondary N) is 2. The fourth-order valence-electron chi connectivity index (χ4n) is 8.51. The van der Waals surface area contributed by atoms with E-state index in [1.165, 1.54) is 11.1 Å². The number of esters is 2. The van der Waals surface area contributed by atoms with Gasteiger partial charge in [-0.25, -0.2) is 4.79 Å². The number of hydrogen-bond acceptors (Lipinski definition) is 11. The van der Waals surface area contributed by atoms with Crippen molar-refractivity contribution in [1.82, 2.24) is 15.7 Å². The van der Waals surface area contributed by atoms with Crippen molar-refractivity contribution in [2.45, 2.75) is 127 Å². The second-order valence-corrected chi connectivity index (χ2v) is 15.3. The van der Waals surface area contributed by atoms with Crippen molar-refractivity contribution in [2.75, 3.05) is 19.8 Å². The molecular formula is C42H52F3N3O10. The van der Waals surface area contributed by atoms with Crippen molar-refractivity contribution in [1.29, 1.82) is 0 Å². The van der Waals surface area contributed by atoms with Crippen LogP contribution in [-0.4, -0.2) is 96.1 Å². The lowest BCUT2D eigenvalue weighted by Crippen LogP contribution is -2.69. The summed E-state index contributed by atoms with van der Waals surface area (Å²) < 4.78 is 62.1. The predicted molar refractivity (Wildman–Crippen MR) is 202 cm³/mol. The lowest BCUT2D eigenvalue weighted by molar-refractivity contribution is -0.224. The quantitative estimate of drug-likeness (QED) is 0.0961. The standard InChI is InChI=1S/C42H52F3N3O10/c1-3-5-9-18-40(19-10-6-4-2)56-33-31-23-41(39(53)47-24-27-12-11-15-29(22-27)37(51)46-20-21-49)35(38(52)55-31)48(58-36(41)34(33)57-40)25-30-14-8-7-13-28(30)16-17-32(50)54-26-42(43,44)45/h7-8,11-17,22,31,33-36,49H,3-6,9-10,18-21,23-26H2,1-2H3,(H,46,51)(H,47,53)/t31-,33+,34+,35-,36-,41-/m1/s1. The lowest BCUT2D eigenvalue weighted by atomic mass is 9.62. The van der Waals surface area contributed by atoms with Crippen LogP contribution < -0.4 is 10.6 Å². The van der Waals surface area contributed by atoms with Gasteiger partial charge in [0.15, 0.2) is 18.4 Å². The number of ether oxygens (including phenoxy) is 4. The van der Waals surface area contributed by atoms with Crippen LogP contribution in [0.5, 0.6) is 0 Å². The maximum Gasteiger partial charge on any atom is 0.422 e. The summed E-state index contributed by atoms with van der Waals surface area (Å²) in [6.07, 6.45) is 1.17. The van der Waals surface area contributed by atoms with Crippen LogP contribution in [0.15, 0.2) is 54.6 Å². The zero-order chi connectivity index (χ0) is 41.5. The van der Waals surface area contributed by atoms with E-state index < -0.39 is 72.3 Å². The molecule has 2 aromatic carbocycles. The van der Waals surface area contributed by atoms with Gasteiger partial charge in [-0.05, 0) is 47.7 Å². The van der Waals surface area contributed by atoms with E-state index >= 15 is 0 Å². The molecule has 16 heteroatoms. The molecular weight excluding hydrogens is 763 g/mol. The normalized spacial score (nSPS) is 26.0. The molecule has 316 valence electrons. The molecule has 1 aliphatic carbocycles. The van der Waals surface area contributed by atoms with Gasteiger partial charge in [0.25, 0.3) is 5.91 Å². The Bertz CT molecular complexity index is 1810. The third kappa shape index (κ3) is 9.57. The van der Waals surface area contributed by atoms with Crippen LogP contribution in [0.3, 0.4) is 0 Å². The van der Waals surface area contributed by atoms with Crippen LogP contribution in [0.4, 0.5) is 13.2 Å². The van der Waals surface area contributed by atoms with E-state index in [1.807, 2.05) is 0 Å². The van der Waals surface area contributed by atoms with Crippen molar-refractivity contribution < 1.29 is 61.2 Å². The summed E-state index contributed by atoms with van der Waals surface area (Å²) in [7, 11) is 0. The Morgan fingerprint density at radius 2 is 1.71 bits per heavy atom. The smallest absolute Gasteiger partial charge is 0.422 e. The molecule has 1 saturated carbocycles. The summed E-state index contributed by atoms with van der Waals surface area (Å²) in [6, 6.07) is 12.2. The van der Waals surface area contributed by atoms with Gasteiger partial charge >= 0.3 is 18.1 Å². The number of rotatable bonds is 19. The van der Waals surface area contributed by atoms with E-state index in [0.29, 0.717) is 35.1 Å². The van der Waals surface area contributed by atoms with Crippen LogP contribution in [0.2, 0.25) is 0 Å². The van der Waals surface area contributed by atoms with Crippen LogP contribution in [-0.2, 0) is 51.3 Å². The van der Waals surface area contributed by atoms with E-state index in [4.69, 9.17) is 24.2 Å². The number of carbonyl (C=O) groups is 4. The molecule has 0 spiro atoms. The Hall–Kier alpha value is -4.35. The number of amides is 2. The monoisotopic (exact) mass is 815 g/mol. The Morgan fingerprint density at radius 3 is 2.41 bits per heavy atom. The van der Waals surface area contributed by atoms with Crippen LogP contribution in [0.25, 0.3) is 6.08 Å². The SMILES string of the molecule is CCCCCC1(CCCCC)O[C@@H]2[C@H](O1)[C@H]1ON(Cc3ccccc3C=CC(=O)OCC(F)(F)F)[C@@H]3C(=O)O[C@@H]2C[C@]13C(=O)NCc1cccc(C(=O)NCCO)c1. The van der Waals surface area contributed by atoms with E-state index in [9.17, 15) is 32.3 Å². The van der Waals surface area contributed by atoms with Gasteiger partial charge in [-0.15, -0.1) is 0 Å². The summed E-state index contributed by atoms with van der Waals surface area (Å²) in [6.45, 7) is 2.31. The zero-order valence-corrected chi connectivity index (χ0v) is 32.8. The molecule has 0 radical (unpaired) electrons. The van der Waals surface area contributed by atoms with Crippen molar-refractivity contribution in [3.63, 3.8) is 0 Å². The van der Waals surface area contributed by atoms with Gasteiger partial charge in [-0.3, -0.25) is 19.2 Å². The van der Waals surface area contributed by atoms with Gasteiger partial charge in [0, 0.05) is 44.0 Å². The Labute approximate surface area is 335 Å². The molecule has 0 unspecified atom stereocenters. The summed E-state index contributed by atoms with van der Waals surface area (Å²) in [4.78, 5) is 60.5. The summed E-state index contributed by atoms with van der Waals surface area (Å²) in [5.74, 6) is -3.69. The number of halogens is 3. The van der Waals surface area contributed by atoms with Gasteiger partial charge in [-0.1, -0.05) is 75.9 Å². The average Bonchev–Trinajstić information content (AvgIpc) is 3.76. The number of fused-ring (bicyclic) bond motifs is 4. The molecule has 0 aromatic heterocycles. The number of unbranched alkanes of at least 4 members (excludes halogenated alkanes) is 4. The highest BCUT2D eigenvalue weighted by molar-refractivity contribution is 5.95. The van der Waals surface area contributed by atoms with Gasteiger partial charge in [0.1, 0.15) is 29.8 Å². The largest absolute Gasteiger partial charge is 0.458 e. The highest BCUT2D eigenvalue weighted by Gasteiger charge is 2.76. The first-order valence-electron chi connectivity index (χ1n) is 20.1. The van der Waals surface area contributed by atoms with E-state index in [2.05, 4.69) is 29.2 Å². The van der Waals surface area contributed by atoms with Crippen molar-refractivity contribution >= 4 is 29.8 Å². The number of carbonyl (C=O) groups excluding carboxylic acids is 4. The molecule has 3 aliphatic heterocycles. The van der Waals surface area contributed by atoms with Crippen molar-refractivity contribution in [3.8, 4) is 0 Å². The molecule has 2 bridgehead atoms. The Kier molecular flexibility index (Phi) is 13.9. The third-order valence-electron chi connectivity index (χ3n) is 11.2. The molecule has 4 fully saturated rings. The summed E-state index contributed by atoms with van der Waals surface area (Å²) in [5, 5.41) is 16.2. The van der Waals surface area contributed by atoms with Crippen molar-refractivity contribution in [2.24, 2.45) is 5.41 Å². The molecule has 6 rings (SSSR count). The molecule has 3 N–H and O–H groups in total. The average molecular weight is 816 g/mol. The van der Waals surface area contributed by atoms with Crippen molar-refractivity contribution in [3.05, 3.63) is 76.9 Å². The molecule has 2 amide bonds. The maximum atomic E-state index is 14.8. The molecule has 2 aromatic rings. The second-order valence-electron chi connectivity index (χ2n) is 15.3. The fourth-order valence-corrected chi connectivity index (χ4v) is 8.51. The highest BCUT2D eigenvalue weighted by atomic mass is 19.4. The van der Waals surface area contributed by atoms with Gasteiger partial charge in [0.05, 0.1) is 13.2 Å². The second kappa shape index (κ2) is 18.7. The minimum Gasteiger partial charge on any atom is -0.458 e. The molecule has 13 nitrogen and oxygen atoms in total. The predicted octanol–water partition coefficient (Wildman–Crippen LogP) is 5.28. The first kappa shape index (κ1) is 43.2. The molecule has 4 aliphatic rings. The first-order valence-corrected chi connectivity index (χ1v) is 20.1. The Morgan fingerprint density at radius 1 is 0.983 bits per heavy atom. The maximum absolute atomic E-state index is 14.8. The topological polar surface area (TPSA) is 162 Å². The number of aliphatic hydroxyl groups is 1. The molecule has 3 saturated heterocycles. The van der Waals surface area contributed by atoms with E-state index in [1.54, 1.807) is 48.5 Å². The molecule has 6 atom stereocenters. The summed E-state index contributed by atoms with van der Waals surface area (Å²) >= 11 is 0. The number of nitrogens with zero attached hydrogens (tertiary/aromatic N) is 1. The number of aliphatic hydroxyl groups excluding tert-OH is 1. The number of alkyl halides is 3. The minimum absolute atomic E-state index is 0.0162. The van der Waals surface area contributed by atoms with E-state index in [-0.39, 0.29) is 38.6 Å². The Balaban J connectivity index is 1.32. The number of hydrogen-bond donors (Lipinski definition) is 3. The summed E-state index contributed by atoms with van der Waals surface area (Å²) in [5.41, 5.74) is 0.440. The molecule has 3 heterocycles. The fraction of sp³-hybridized carbons (Fsp3) is 0.571. The highest BCUT2D eigenvalue weighted by Crippen LogP contribution is 2.58. The third-order valence-corrected chi connectivity index (χ3v) is 11.2. The van der Waals surface area contributed by atoms with Crippen LogP contribution in [0.1, 0.15) is 98.7 Å². The minimum atomic E-state index is -4.68. The number of benzene rings is 2.